The molecule has 0 radical (unpaired) electrons. The lowest BCUT2D eigenvalue weighted by molar-refractivity contribution is 0.108. The van der Waals surface area contributed by atoms with Crippen LogP contribution in [0.2, 0.25) is 5.02 Å². The van der Waals surface area contributed by atoms with Crippen LogP contribution in [-0.4, -0.2) is 19.7 Å². The van der Waals surface area contributed by atoms with Crippen molar-refractivity contribution in [2.45, 2.75) is 13.3 Å². The Balaban J connectivity index is 2.08. The molecule has 2 N–H and O–H groups in total. The number of hydrogen-bond acceptors (Lipinski definition) is 3. The fourth-order valence-electron chi connectivity index (χ4n) is 2.30. The minimum absolute atomic E-state index is 0.542. The van der Waals surface area contributed by atoms with Gasteiger partial charge in [0.25, 0.3) is 0 Å². The molecule has 2 rings (SSSR count). The van der Waals surface area contributed by atoms with Crippen molar-refractivity contribution in [3.63, 3.8) is 0 Å². The number of nitrogens with zero attached hydrogens (tertiary/aromatic N) is 1. The van der Waals surface area contributed by atoms with Gasteiger partial charge in [0.05, 0.1) is 6.61 Å². The summed E-state index contributed by atoms with van der Waals surface area (Å²) >= 11 is 5.95. The first-order valence-corrected chi connectivity index (χ1v) is 5.91. The average Bonchev–Trinajstić information content (AvgIpc) is 2.67. The molecule has 0 amide bonds. The number of nitrogens with two attached hydrogens (primary N) is 1. The van der Waals surface area contributed by atoms with Crippen molar-refractivity contribution in [3.05, 3.63) is 28.8 Å². The molecule has 1 aromatic rings. The van der Waals surface area contributed by atoms with Gasteiger partial charge >= 0.3 is 0 Å². The molecular weight excluding hydrogens is 224 g/mol. The number of anilines is 1. The normalized spacial score (nSPS) is 20.4. The van der Waals surface area contributed by atoms with Gasteiger partial charge in [-0.2, -0.15) is 0 Å². The highest BCUT2D eigenvalue weighted by atomic mass is 35.5. The number of hydrogen-bond donors (Lipinski definition) is 1. The van der Waals surface area contributed by atoms with Gasteiger partial charge in [0.1, 0.15) is 0 Å². The molecule has 1 unspecified atom stereocenters. The molecule has 0 spiro atoms. The van der Waals surface area contributed by atoms with Crippen LogP contribution >= 0.6 is 11.6 Å². The summed E-state index contributed by atoms with van der Waals surface area (Å²) in [6.07, 6.45) is 1.14. The Bertz CT molecular complexity index is 370. The van der Waals surface area contributed by atoms with Crippen molar-refractivity contribution in [1.29, 1.82) is 0 Å². The molecule has 1 saturated heterocycles. The number of halogens is 1. The predicted octanol–water partition coefficient (Wildman–Crippen LogP) is 2.37. The minimum Gasteiger partial charge on any atom is -0.371 e. The molecule has 4 heteroatoms. The summed E-state index contributed by atoms with van der Waals surface area (Å²) in [5.74, 6) is 5.65. The SMILES string of the molecule is Cc1cc(Cl)ccc1N1CCC(CON)C1. The lowest BCUT2D eigenvalue weighted by atomic mass is 10.1. The van der Waals surface area contributed by atoms with E-state index in [0.29, 0.717) is 12.5 Å². The molecule has 0 bridgehead atoms. The second kappa shape index (κ2) is 5.04. The topological polar surface area (TPSA) is 38.5 Å². The van der Waals surface area contributed by atoms with Gasteiger partial charge < -0.3 is 9.74 Å². The smallest absolute Gasteiger partial charge is 0.0724 e. The second-order valence-electron chi connectivity index (χ2n) is 4.36. The third-order valence-corrected chi connectivity index (χ3v) is 3.35. The highest BCUT2D eigenvalue weighted by molar-refractivity contribution is 6.30. The van der Waals surface area contributed by atoms with E-state index in [0.717, 1.165) is 24.5 Å². The van der Waals surface area contributed by atoms with Crippen LogP contribution in [0.15, 0.2) is 18.2 Å². The van der Waals surface area contributed by atoms with Gasteiger partial charge in [-0.15, -0.1) is 0 Å². The van der Waals surface area contributed by atoms with Gasteiger partial charge in [0, 0.05) is 29.7 Å². The maximum atomic E-state index is 5.95. The molecule has 0 aromatic heterocycles. The zero-order valence-corrected chi connectivity index (χ0v) is 10.2. The minimum atomic E-state index is 0.542. The molecule has 1 atom stereocenters. The molecule has 3 nitrogen and oxygen atoms in total. The highest BCUT2D eigenvalue weighted by Crippen LogP contribution is 2.28. The monoisotopic (exact) mass is 240 g/mol. The molecular formula is C12H17ClN2O. The molecule has 88 valence electrons. The summed E-state index contributed by atoms with van der Waals surface area (Å²) in [5, 5.41) is 0.794. The van der Waals surface area contributed by atoms with Gasteiger partial charge in [0.2, 0.25) is 0 Å². The van der Waals surface area contributed by atoms with Crippen LogP contribution in [-0.2, 0) is 4.84 Å². The fourth-order valence-corrected chi connectivity index (χ4v) is 2.52. The van der Waals surface area contributed by atoms with E-state index in [1.807, 2.05) is 12.1 Å². The first-order valence-electron chi connectivity index (χ1n) is 5.53. The number of rotatable bonds is 3. The van der Waals surface area contributed by atoms with Crippen LogP contribution in [0.4, 0.5) is 5.69 Å². The van der Waals surface area contributed by atoms with E-state index in [1.165, 1.54) is 11.3 Å². The van der Waals surface area contributed by atoms with Crippen molar-refractivity contribution in [3.8, 4) is 0 Å². The largest absolute Gasteiger partial charge is 0.371 e. The lowest BCUT2D eigenvalue weighted by Gasteiger charge is -2.21. The van der Waals surface area contributed by atoms with E-state index in [1.54, 1.807) is 0 Å². The van der Waals surface area contributed by atoms with E-state index >= 15 is 0 Å². The Morgan fingerprint density at radius 2 is 2.38 bits per heavy atom. The predicted molar refractivity (Wildman–Crippen MR) is 66.6 cm³/mol. The molecule has 1 aromatic carbocycles. The molecule has 1 heterocycles. The standard InChI is InChI=1S/C12H17ClN2O/c1-9-6-11(13)2-3-12(9)15-5-4-10(7-15)8-16-14/h2-3,6,10H,4-5,7-8,14H2,1H3. The number of aryl methyl sites for hydroxylation is 1. The zero-order valence-electron chi connectivity index (χ0n) is 9.45. The number of benzene rings is 1. The third-order valence-electron chi connectivity index (χ3n) is 3.12. The molecule has 0 saturated carbocycles. The average molecular weight is 241 g/mol. The maximum Gasteiger partial charge on any atom is 0.0724 e. The van der Waals surface area contributed by atoms with Crippen LogP contribution in [0, 0.1) is 12.8 Å². The van der Waals surface area contributed by atoms with Gasteiger partial charge in [-0.1, -0.05) is 11.6 Å². The summed E-state index contributed by atoms with van der Waals surface area (Å²) in [4.78, 5) is 7.08. The van der Waals surface area contributed by atoms with E-state index in [2.05, 4.69) is 17.9 Å². The summed E-state index contributed by atoms with van der Waals surface area (Å²) in [5.41, 5.74) is 2.49. The summed E-state index contributed by atoms with van der Waals surface area (Å²) in [7, 11) is 0. The van der Waals surface area contributed by atoms with E-state index in [9.17, 15) is 0 Å². The van der Waals surface area contributed by atoms with Crippen LogP contribution < -0.4 is 10.8 Å². The van der Waals surface area contributed by atoms with Crippen molar-refractivity contribution >= 4 is 17.3 Å². The van der Waals surface area contributed by atoms with Crippen molar-refractivity contribution in [1.82, 2.24) is 0 Å². The van der Waals surface area contributed by atoms with Gasteiger partial charge in [-0.05, 0) is 37.1 Å². The van der Waals surface area contributed by atoms with Crippen LogP contribution in [0.25, 0.3) is 0 Å². The zero-order chi connectivity index (χ0) is 11.5. The lowest BCUT2D eigenvalue weighted by Crippen LogP contribution is -2.22. The van der Waals surface area contributed by atoms with Crippen molar-refractivity contribution < 1.29 is 4.84 Å². The Morgan fingerprint density at radius 1 is 1.56 bits per heavy atom. The quantitative estimate of drug-likeness (QED) is 0.825. The Labute approximate surface area is 101 Å². The first-order chi connectivity index (χ1) is 7.70. The fraction of sp³-hybridized carbons (Fsp3) is 0.500. The molecule has 16 heavy (non-hydrogen) atoms. The highest BCUT2D eigenvalue weighted by Gasteiger charge is 2.23. The molecule has 0 aliphatic carbocycles. The third kappa shape index (κ3) is 2.48. The van der Waals surface area contributed by atoms with Crippen LogP contribution in [0.3, 0.4) is 0 Å². The molecule has 1 aliphatic heterocycles. The maximum absolute atomic E-state index is 5.95. The van der Waals surface area contributed by atoms with E-state index in [-0.39, 0.29) is 0 Å². The van der Waals surface area contributed by atoms with E-state index < -0.39 is 0 Å². The van der Waals surface area contributed by atoms with Gasteiger partial charge in [-0.3, -0.25) is 0 Å². The summed E-state index contributed by atoms with van der Waals surface area (Å²) in [6.45, 7) is 4.81. The van der Waals surface area contributed by atoms with Gasteiger partial charge in [-0.25, -0.2) is 5.90 Å². The first kappa shape index (κ1) is 11.7. The van der Waals surface area contributed by atoms with Crippen molar-refractivity contribution in [2.75, 3.05) is 24.6 Å². The Morgan fingerprint density at radius 3 is 3.06 bits per heavy atom. The molecule has 1 aliphatic rings. The van der Waals surface area contributed by atoms with Crippen LogP contribution in [0.5, 0.6) is 0 Å². The Hall–Kier alpha value is -0.770. The summed E-state index contributed by atoms with van der Waals surface area (Å²) < 4.78 is 0. The van der Waals surface area contributed by atoms with E-state index in [4.69, 9.17) is 22.3 Å². The van der Waals surface area contributed by atoms with Gasteiger partial charge in [0.15, 0.2) is 0 Å². The second-order valence-corrected chi connectivity index (χ2v) is 4.80. The summed E-state index contributed by atoms with van der Waals surface area (Å²) in [6, 6.07) is 6.03. The molecule has 1 fully saturated rings. The van der Waals surface area contributed by atoms with Crippen molar-refractivity contribution in [2.24, 2.45) is 11.8 Å². The Kier molecular flexibility index (Phi) is 3.69. The van der Waals surface area contributed by atoms with Crippen LogP contribution in [0.1, 0.15) is 12.0 Å².